The summed E-state index contributed by atoms with van der Waals surface area (Å²) in [6.45, 7) is 4.05. The minimum Gasteiger partial charge on any atom is -0.297 e. The Kier molecular flexibility index (Phi) is 5.34. The van der Waals surface area contributed by atoms with Crippen LogP contribution < -0.4 is 0 Å². The molecule has 1 aromatic carbocycles. The molecular formula is C17H23NO. The topological polar surface area (TPSA) is 20.3 Å². The van der Waals surface area contributed by atoms with Crippen molar-refractivity contribution in [2.75, 3.05) is 13.1 Å². The highest BCUT2D eigenvalue weighted by molar-refractivity contribution is 5.86. The Balaban J connectivity index is 2.19. The molecule has 2 rings (SSSR count). The molecule has 0 radical (unpaired) electrons. The second-order valence-electron chi connectivity index (χ2n) is 5.15. The SMILES string of the molecule is C/C=C/CC(=O)C(c1ccccc1)N1CCCCC1. The summed E-state index contributed by atoms with van der Waals surface area (Å²) in [7, 11) is 0. The van der Waals surface area contributed by atoms with E-state index >= 15 is 0 Å². The number of carbonyl (C=O) groups is 1. The number of nitrogens with zero attached hydrogens (tertiary/aromatic N) is 1. The van der Waals surface area contributed by atoms with Gasteiger partial charge in [0.05, 0.1) is 6.04 Å². The minimum absolute atomic E-state index is 0.0577. The fourth-order valence-corrected chi connectivity index (χ4v) is 2.76. The number of hydrogen-bond acceptors (Lipinski definition) is 2. The van der Waals surface area contributed by atoms with Gasteiger partial charge >= 0.3 is 0 Å². The summed E-state index contributed by atoms with van der Waals surface area (Å²) in [5, 5.41) is 0. The lowest BCUT2D eigenvalue weighted by atomic mass is 9.96. The lowest BCUT2D eigenvalue weighted by Gasteiger charge is -2.33. The number of Topliss-reactive ketones (excluding diaryl/α,β-unsaturated/α-hetero) is 1. The molecule has 0 saturated carbocycles. The molecule has 1 heterocycles. The molecule has 1 aliphatic heterocycles. The van der Waals surface area contributed by atoms with Crippen LogP contribution in [0.3, 0.4) is 0 Å². The van der Waals surface area contributed by atoms with Gasteiger partial charge in [-0.1, -0.05) is 48.9 Å². The Morgan fingerprint density at radius 1 is 1.21 bits per heavy atom. The van der Waals surface area contributed by atoms with Gasteiger partial charge in [-0.2, -0.15) is 0 Å². The molecule has 102 valence electrons. The lowest BCUT2D eigenvalue weighted by molar-refractivity contribution is -0.124. The molecule has 0 N–H and O–H groups in total. The molecule has 2 nitrogen and oxygen atoms in total. The first-order valence-electron chi connectivity index (χ1n) is 7.26. The van der Waals surface area contributed by atoms with Crippen LogP contribution in [0.2, 0.25) is 0 Å². The summed E-state index contributed by atoms with van der Waals surface area (Å²) in [5.41, 5.74) is 1.14. The quantitative estimate of drug-likeness (QED) is 0.749. The molecule has 1 fully saturated rings. The van der Waals surface area contributed by atoms with Crippen molar-refractivity contribution in [1.82, 2.24) is 4.90 Å². The Hall–Kier alpha value is -1.41. The van der Waals surface area contributed by atoms with E-state index in [0.29, 0.717) is 12.2 Å². The molecule has 19 heavy (non-hydrogen) atoms. The van der Waals surface area contributed by atoms with Crippen LogP contribution in [0.1, 0.15) is 44.2 Å². The van der Waals surface area contributed by atoms with Crippen LogP contribution >= 0.6 is 0 Å². The maximum atomic E-state index is 12.5. The third kappa shape index (κ3) is 3.77. The van der Waals surface area contributed by atoms with Gasteiger partial charge in [0.25, 0.3) is 0 Å². The summed E-state index contributed by atoms with van der Waals surface area (Å²) in [6, 6.07) is 10.1. The Bertz CT molecular complexity index is 418. The molecule has 1 aromatic rings. The van der Waals surface area contributed by atoms with Crippen LogP contribution in [0.5, 0.6) is 0 Å². The predicted molar refractivity (Wildman–Crippen MR) is 79.0 cm³/mol. The highest BCUT2D eigenvalue weighted by Gasteiger charge is 2.27. The molecule has 2 heteroatoms. The summed E-state index contributed by atoms with van der Waals surface area (Å²) in [5.74, 6) is 0.311. The van der Waals surface area contributed by atoms with E-state index in [9.17, 15) is 4.79 Å². The van der Waals surface area contributed by atoms with Crippen LogP contribution in [0.25, 0.3) is 0 Å². The van der Waals surface area contributed by atoms with Gasteiger partial charge in [0.2, 0.25) is 0 Å². The van der Waals surface area contributed by atoms with E-state index in [-0.39, 0.29) is 6.04 Å². The monoisotopic (exact) mass is 257 g/mol. The van der Waals surface area contributed by atoms with Crippen molar-refractivity contribution < 1.29 is 4.79 Å². The van der Waals surface area contributed by atoms with Gasteiger partial charge in [-0.05, 0) is 38.4 Å². The van der Waals surface area contributed by atoms with E-state index in [4.69, 9.17) is 0 Å². The first-order valence-corrected chi connectivity index (χ1v) is 7.26. The number of rotatable bonds is 5. The smallest absolute Gasteiger partial charge is 0.158 e. The highest BCUT2D eigenvalue weighted by Crippen LogP contribution is 2.26. The summed E-state index contributed by atoms with van der Waals surface area (Å²) in [6.07, 6.45) is 8.16. The van der Waals surface area contributed by atoms with Gasteiger partial charge in [-0.3, -0.25) is 9.69 Å². The largest absolute Gasteiger partial charge is 0.297 e. The van der Waals surface area contributed by atoms with Gasteiger partial charge in [0, 0.05) is 6.42 Å². The Morgan fingerprint density at radius 3 is 2.53 bits per heavy atom. The predicted octanol–water partition coefficient (Wildman–Crippen LogP) is 3.75. The maximum Gasteiger partial charge on any atom is 0.158 e. The number of carbonyl (C=O) groups excluding carboxylic acids is 1. The summed E-state index contributed by atoms with van der Waals surface area (Å²) < 4.78 is 0. The van der Waals surface area contributed by atoms with Crippen molar-refractivity contribution in [3.05, 3.63) is 48.0 Å². The fraction of sp³-hybridized carbons (Fsp3) is 0.471. The van der Waals surface area contributed by atoms with E-state index in [1.807, 2.05) is 37.3 Å². The Labute approximate surface area is 116 Å². The number of piperidine rings is 1. The molecule has 0 amide bonds. The molecule has 1 aliphatic rings. The van der Waals surface area contributed by atoms with Crippen molar-refractivity contribution in [3.8, 4) is 0 Å². The molecular weight excluding hydrogens is 234 g/mol. The van der Waals surface area contributed by atoms with Crippen LogP contribution in [-0.4, -0.2) is 23.8 Å². The highest BCUT2D eigenvalue weighted by atomic mass is 16.1. The second-order valence-corrected chi connectivity index (χ2v) is 5.15. The maximum absolute atomic E-state index is 12.5. The van der Waals surface area contributed by atoms with Gasteiger partial charge < -0.3 is 0 Å². The molecule has 1 saturated heterocycles. The van der Waals surface area contributed by atoms with Crippen LogP contribution in [0.4, 0.5) is 0 Å². The number of ketones is 1. The fourth-order valence-electron chi connectivity index (χ4n) is 2.76. The van der Waals surface area contributed by atoms with Crippen LogP contribution in [0, 0.1) is 0 Å². The van der Waals surface area contributed by atoms with Crippen LogP contribution in [0.15, 0.2) is 42.5 Å². The standard InChI is InChI=1S/C17H23NO/c1-2-3-12-16(19)17(15-10-6-4-7-11-15)18-13-8-5-9-14-18/h2-4,6-7,10-11,17H,5,8-9,12-14H2,1H3/b3-2+. The number of benzene rings is 1. The second kappa shape index (κ2) is 7.25. The molecule has 1 atom stereocenters. The van der Waals surface area contributed by atoms with Crippen molar-refractivity contribution in [1.29, 1.82) is 0 Å². The molecule has 0 spiro atoms. The zero-order chi connectivity index (χ0) is 13.5. The van der Waals surface area contributed by atoms with Crippen LogP contribution in [-0.2, 0) is 4.79 Å². The van der Waals surface area contributed by atoms with Gasteiger partial charge in [-0.25, -0.2) is 0 Å². The zero-order valence-corrected chi connectivity index (χ0v) is 11.7. The van der Waals surface area contributed by atoms with E-state index in [1.54, 1.807) is 0 Å². The molecule has 0 bridgehead atoms. The molecule has 1 unspecified atom stereocenters. The first kappa shape index (κ1) is 14.0. The van der Waals surface area contributed by atoms with E-state index in [2.05, 4.69) is 17.0 Å². The minimum atomic E-state index is -0.0577. The normalized spacial score (nSPS) is 18.6. The number of allylic oxidation sites excluding steroid dienone is 2. The third-order valence-electron chi connectivity index (χ3n) is 3.73. The van der Waals surface area contributed by atoms with Crippen molar-refractivity contribution in [2.45, 2.75) is 38.6 Å². The van der Waals surface area contributed by atoms with E-state index in [1.165, 1.54) is 19.3 Å². The summed E-state index contributed by atoms with van der Waals surface area (Å²) in [4.78, 5) is 14.9. The zero-order valence-electron chi connectivity index (χ0n) is 11.7. The van der Waals surface area contributed by atoms with Crippen molar-refractivity contribution in [3.63, 3.8) is 0 Å². The average molecular weight is 257 g/mol. The van der Waals surface area contributed by atoms with Gasteiger partial charge in [0.15, 0.2) is 5.78 Å². The van der Waals surface area contributed by atoms with E-state index in [0.717, 1.165) is 18.7 Å². The number of hydrogen-bond donors (Lipinski definition) is 0. The molecule has 0 aromatic heterocycles. The Morgan fingerprint density at radius 2 is 1.89 bits per heavy atom. The molecule has 0 aliphatic carbocycles. The van der Waals surface area contributed by atoms with Crippen molar-refractivity contribution >= 4 is 5.78 Å². The van der Waals surface area contributed by atoms with Gasteiger partial charge in [0.1, 0.15) is 0 Å². The lowest BCUT2D eigenvalue weighted by Crippen LogP contribution is -2.37. The van der Waals surface area contributed by atoms with E-state index < -0.39 is 0 Å². The first-order chi connectivity index (χ1) is 9.33. The average Bonchev–Trinajstić information content (AvgIpc) is 2.47. The van der Waals surface area contributed by atoms with Crippen molar-refractivity contribution in [2.24, 2.45) is 0 Å². The third-order valence-corrected chi connectivity index (χ3v) is 3.73. The number of likely N-dealkylation sites (tertiary alicyclic amines) is 1. The summed E-state index contributed by atoms with van der Waals surface area (Å²) >= 11 is 0. The van der Waals surface area contributed by atoms with Gasteiger partial charge in [-0.15, -0.1) is 0 Å².